The van der Waals surface area contributed by atoms with Crippen LogP contribution in [-0.4, -0.2) is 42.9 Å². The number of aliphatic hydroxyl groups is 1. The van der Waals surface area contributed by atoms with E-state index in [0.717, 1.165) is 49.6 Å². The van der Waals surface area contributed by atoms with Gasteiger partial charge in [0.2, 0.25) is 5.88 Å². The van der Waals surface area contributed by atoms with Gasteiger partial charge in [0, 0.05) is 32.0 Å². The van der Waals surface area contributed by atoms with Crippen molar-refractivity contribution in [1.82, 2.24) is 15.6 Å². The van der Waals surface area contributed by atoms with Gasteiger partial charge in [0.25, 0.3) is 0 Å². The van der Waals surface area contributed by atoms with Crippen LogP contribution in [0.15, 0.2) is 47.6 Å². The van der Waals surface area contributed by atoms with Crippen molar-refractivity contribution in [2.75, 3.05) is 26.8 Å². The van der Waals surface area contributed by atoms with Gasteiger partial charge in [-0.1, -0.05) is 19.9 Å². The molecule has 0 atom stereocenters. The number of methoxy groups -OCH3 is 1. The minimum Gasteiger partial charge on any atom is -0.497 e. The zero-order valence-corrected chi connectivity index (χ0v) is 19.1. The Balaban J connectivity index is 1.96. The lowest BCUT2D eigenvalue weighted by molar-refractivity contribution is 0.169. The third-order valence-corrected chi connectivity index (χ3v) is 5.62. The highest BCUT2D eigenvalue weighted by molar-refractivity contribution is 5.79. The molecule has 1 aromatic heterocycles. The number of guanidine groups is 1. The van der Waals surface area contributed by atoms with Crippen molar-refractivity contribution >= 4 is 5.96 Å². The summed E-state index contributed by atoms with van der Waals surface area (Å²) in [5.74, 6) is 2.79. The van der Waals surface area contributed by atoms with Crippen LogP contribution in [0.2, 0.25) is 0 Å². The van der Waals surface area contributed by atoms with Crippen LogP contribution >= 0.6 is 0 Å². The standard InChI is InChI=1S/C24H36N4O3/c1-5-24(6-2,14-15-29)18-28-23(25-7-3)27-17-19-8-13-22(26-16-19)31-21-11-9-20(30-4)10-12-21/h8-13,16,29H,5-7,14-15,17-18H2,1-4H3,(H2,25,27,28). The highest BCUT2D eigenvalue weighted by Gasteiger charge is 2.25. The molecule has 1 aromatic carbocycles. The van der Waals surface area contributed by atoms with Crippen LogP contribution in [0.4, 0.5) is 0 Å². The van der Waals surface area contributed by atoms with Gasteiger partial charge in [0.1, 0.15) is 11.5 Å². The molecule has 7 heteroatoms. The molecule has 0 fully saturated rings. The van der Waals surface area contributed by atoms with Crippen molar-refractivity contribution in [3.05, 3.63) is 48.2 Å². The molecule has 3 N–H and O–H groups in total. The van der Waals surface area contributed by atoms with Gasteiger partial charge < -0.3 is 25.2 Å². The Hall–Kier alpha value is -2.80. The van der Waals surface area contributed by atoms with Gasteiger partial charge in [-0.25, -0.2) is 9.98 Å². The minimum atomic E-state index is 0.0763. The molecule has 170 valence electrons. The number of nitrogens with zero attached hydrogens (tertiary/aromatic N) is 2. The van der Waals surface area contributed by atoms with Crippen molar-refractivity contribution in [2.24, 2.45) is 10.4 Å². The second-order valence-electron chi connectivity index (χ2n) is 7.51. The van der Waals surface area contributed by atoms with Crippen molar-refractivity contribution in [3.8, 4) is 17.4 Å². The summed E-state index contributed by atoms with van der Waals surface area (Å²) < 4.78 is 10.9. The Morgan fingerprint density at radius 3 is 2.29 bits per heavy atom. The Labute approximate surface area is 185 Å². The zero-order chi connectivity index (χ0) is 22.5. The van der Waals surface area contributed by atoms with Gasteiger partial charge in [-0.05, 0) is 61.4 Å². The normalized spacial score (nSPS) is 11.8. The lowest BCUT2D eigenvalue weighted by Gasteiger charge is -2.32. The molecule has 2 rings (SSSR count). The maximum atomic E-state index is 9.43. The van der Waals surface area contributed by atoms with Crippen molar-refractivity contribution in [2.45, 2.75) is 46.6 Å². The number of hydrogen-bond donors (Lipinski definition) is 3. The molecule has 31 heavy (non-hydrogen) atoms. The predicted octanol–water partition coefficient (Wildman–Crippen LogP) is 4.13. The molecule has 0 saturated carbocycles. The number of aliphatic imine (C=N–C) groups is 1. The van der Waals surface area contributed by atoms with Gasteiger partial charge in [0.05, 0.1) is 13.7 Å². The first-order valence-electron chi connectivity index (χ1n) is 11.0. The molecule has 0 aliphatic heterocycles. The van der Waals surface area contributed by atoms with E-state index in [4.69, 9.17) is 9.47 Å². The van der Waals surface area contributed by atoms with Crippen LogP contribution in [0.1, 0.15) is 45.6 Å². The lowest BCUT2D eigenvalue weighted by atomic mass is 9.79. The molecule has 0 unspecified atom stereocenters. The number of rotatable bonds is 12. The molecule has 0 spiro atoms. The van der Waals surface area contributed by atoms with Crippen LogP contribution in [-0.2, 0) is 6.54 Å². The summed E-state index contributed by atoms with van der Waals surface area (Å²) in [5.41, 5.74) is 1.07. The maximum Gasteiger partial charge on any atom is 0.219 e. The van der Waals surface area contributed by atoms with Crippen LogP contribution < -0.4 is 20.1 Å². The molecule has 0 amide bonds. The average molecular weight is 429 g/mol. The van der Waals surface area contributed by atoms with Crippen LogP contribution in [0.5, 0.6) is 17.4 Å². The molecular formula is C24H36N4O3. The molecule has 1 heterocycles. The fourth-order valence-corrected chi connectivity index (χ4v) is 3.29. The first-order valence-corrected chi connectivity index (χ1v) is 11.0. The molecule has 7 nitrogen and oxygen atoms in total. The minimum absolute atomic E-state index is 0.0763. The molecule has 0 aliphatic rings. The number of nitrogens with one attached hydrogen (secondary N) is 2. The summed E-state index contributed by atoms with van der Waals surface area (Å²) in [5, 5.41) is 16.2. The third-order valence-electron chi connectivity index (χ3n) is 5.62. The Bertz CT molecular complexity index is 787. The van der Waals surface area contributed by atoms with E-state index >= 15 is 0 Å². The van der Waals surface area contributed by atoms with Crippen molar-refractivity contribution in [3.63, 3.8) is 0 Å². The van der Waals surface area contributed by atoms with Gasteiger partial charge in [-0.2, -0.15) is 0 Å². The topological polar surface area (TPSA) is 88.0 Å². The third kappa shape index (κ3) is 7.75. The van der Waals surface area contributed by atoms with Crippen LogP contribution in [0.3, 0.4) is 0 Å². The first-order chi connectivity index (χ1) is 15.1. The average Bonchev–Trinajstić information content (AvgIpc) is 2.81. The van der Waals surface area contributed by atoms with Gasteiger partial charge in [0.15, 0.2) is 5.96 Å². The quantitative estimate of drug-likeness (QED) is 0.348. The van der Waals surface area contributed by atoms with Crippen molar-refractivity contribution < 1.29 is 14.6 Å². The second-order valence-corrected chi connectivity index (χ2v) is 7.51. The SMILES string of the molecule is CCNC(=NCc1ccc(Oc2ccc(OC)cc2)nc1)NCC(CC)(CC)CCO. The predicted molar refractivity (Wildman–Crippen MR) is 125 cm³/mol. The van der Waals surface area contributed by atoms with E-state index < -0.39 is 0 Å². The Morgan fingerprint density at radius 1 is 1.03 bits per heavy atom. The van der Waals surface area contributed by atoms with E-state index in [-0.39, 0.29) is 12.0 Å². The van der Waals surface area contributed by atoms with Gasteiger partial charge in [-0.15, -0.1) is 0 Å². The number of aromatic nitrogens is 1. The number of ether oxygens (including phenoxy) is 2. The number of aliphatic hydroxyl groups excluding tert-OH is 1. The number of hydrogen-bond acceptors (Lipinski definition) is 5. The zero-order valence-electron chi connectivity index (χ0n) is 19.1. The van der Waals surface area contributed by atoms with Crippen LogP contribution in [0.25, 0.3) is 0 Å². The monoisotopic (exact) mass is 428 g/mol. The second kappa shape index (κ2) is 12.8. The van der Waals surface area contributed by atoms with E-state index in [0.29, 0.717) is 18.2 Å². The van der Waals surface area contributed by atoms with Crippen LogP contribution in [0, 0.1) is 5.41 Å². The molecule has 2 aromatic rings. The van der Waals surface area contributed by atoms with Gasteiger partial charge in [-0.3, -0.25) is 0 Å². The molecule has 0 aliphatic carbocycles. The van der Waals surface area contributed by atoms with E-state index in [9.17, 15) is 5.11 Å². The summed E-state index contributed by atoms with van der Waals surface area (Å²) in [4.78, 5) is 9.07. The Kier molecular flexibility index (Phi) is 10.1. The lowest BCUT2D eigenvalue weighted by Crippen LogP contribution is -2.43. The molecule has 0 radical (unpaired) electrons. The van der Waals surface area contributed by atoms with Crippen molar-refractivity contribution in [1.29, 1.82) is 0 Å². The maximum absolute atomic E-state index is 9.43. The van der Waals surface area contributed by atoms with Gasteiger partial charge >= 0.3 is 0 Å². The number of benzene rings is 1. The highest BCUT2D eigenvalue weighted by Crippen LogP contribution is 2.29. The Morgan fingerprint density at radius 2 is 1.74 bits per heavy atom. The molecule has 0 saturated heterocycles. The summed E-state index contributed by atoms with van der Waals surface area (Å²) in [7, 11) is 1.63. The summed E-state index contributed by atoms with van der Waals surface area (Å²) >= 11 is 0. The first kappa shape index (κ1) is 24.5. The number of pyridine rings is 1. The molecule has 0 bridgehead atoms. The summed E-state index contributed by atoms with van der Waals surface area (Å²) in [6, 6.07) is 11.2. The van der Waals surface area contributed by atoms with E-state index in [1.54, 1.807) is 13.3 Å². The highest BCUT2D eigenvalue weighted by atomic mass is 16.5. The fourth-order valence-electron chi connectivity index (χ4n) is 3.29. The smallest absolute Gasteiger partial charge is 0.219 e. The molecular weight excluding hydrogens is 392 g/mol. The summed E-state index contributed by atoms with van der Waals surface area (Å²) in [6.45, 7) is 8.66. The fraction of sp³-hybridized carbons (Fsp3) is 0.500. The van der Waals surface area contributed by atoms with E-state index in [1.165, 1.54) is 0 Å². The van der Waals surface area contributed by atoms with E-state index in [2.05, 4.69) is 34.5 Å². The largest absolute Gasteiger partial charge is 0.497 e. The summed E-state index contributed by atoms with van der Waals surface area (Å²) in [6.07, 6.45) is 4.58. The van der Waals surface area contributed by atoms with E-state index in [1.807, 2.05) is 43.3 Å².